The number of benzene rings is 2. The molecule has 2 nitrogen and oxygen atoms in total. The minimum atomic E-state index is -1.01. The zero-order chi connectivity index (χ0) is 14.0. The predicted molar refractivity (Wildman–Crippen MR) is 75.9 cm³/mol. The summed E-state index contributed by atoms with van der Waals surface area (Å²) < 4.78 is 19.6. The highest BCUT2D eigenvalue weighted by molar-refractivity contribution is 9.10. The van der Waals surface area contributed by atoms with Crippen LogP contribution in [0.5, 0.6) is 5.75 Å². The summed E-state index contributed by atoms with van der Waals surface area (Å²) in [7, 11) is 1.57. The minimum Gasteiger partial charge on any atom is -0.497 e. The summed E-state index contributed by atoms with van der Waals surface area (Å²) in [6.45, 7) is 1.86. The number of aryl methyl sites for hydroxylation is 1. The van der Waals surface area contributed by atoms with E-state index in [2.05, 4.69) is 15.9 Å². The maximum atomic E-state index is 13.8. The molecule has 0 aromatic heterocycles. The van der Waals surface area contributed by atoms with Crippen LogP contribution in [-0.4, -0.2) is 12.2 Å². The Hall–Kier alpha value is -1.39. The van der Waals surface area contributed by atoms with E-state index < -0.39 is 11.9 Å². The lowest BCUT2D eigenvalue weighted by molar-refractivity contribution is 0.214. The van der Waals surface area contributed by atoms with Gasteiger partial charge >= 0.3 is 0 Å². The average Bonchev–Trinajstić information content (AvgIpc) is 2.40. The molecule has 2 rings (SSSR count). The van der Waals surface area contributed by atoms with Crippen LogP contribution in [-0.2, 0) is 0 Å². The Balaban J connectivity index is 2.43. The second-order valence-corrected chi connectivity index (χ2v) is 5.17. The molecule has 0 aliphatic carbocycles. The van der Waals surface area contributed by atoms with Gasteiger partial charge in [0.05, 0.1) is 7.11 Å². The topological polar surface area (TPSA) is 29.5 Å². The molecule has 1 N–H and O–H groups in total. The van der Waals surface area contributed by atoms with E-state index in [1.807, 2.05) is 6.92 Å². The van der Waals surface area contributed by atoms with Gasteiger partial charge < -0.3 is 9.84 Å². The normalized spacial score (nSPS) is 12.3. The van der Waals surface area contributed by atoms with E-state index in [-0.39, 0.29) is 5.56 Å². The van der Waals surface area contributed by atoms with Gasteiger partial charge in [0.15, 0.2) is 0 Å². The summed E-state index contributed by atoms with van der Waals surface area (Å²) in [5, 5.41) is 10.3. The van der Waals surface area contributed by atoms with Crippen molar-refractivity contribution in [2.24, 2.45) is 0 Å². The van der Waals surface area contributed by atoms with Gasteiger partial charge in [0.25, 0.3) is 0 Å². The first-order chi connectivity index (χ1) is 9.02. The van der Waals surface area contributed by atoms with Gasteiger partial charge in [-0.2, -0.15) is 0 Å². The zero-order valence-electron chi connectivity index (χ0n) is 10.7. The molecule has 0 amide bonds. The first-order valence-electron chi connectivity index (χ1n) is 5.80. The molecule has 1 unspecified atom stereocenters. The summed E-state index contributed by atoms with van der Waals surface area (Å²) in [5.41, 5.74) is 1.77. The Morgan fingerprint density at radius 2 is 1.89 bits per heavy atom. The van der Waals surface area contributed by atoms with Crippen molar-refractivity contribution in [2.45, 2.75) is 13.0 Å². The van der Waals surface area contributed by atoms with Crippen LogP contribution in [0.2, 0.25) is 0 Å². The third-order valence-electron chi connectivity index (χ3n) is 2.95. The number of halogens is 2. The molecule has 0 radical (unpaired) electrons. The van der Waals surface area contributed by atoms with Gasteiger partial charge in [-0.15, -0.1) is 0 Å². The molecule has 0 saturated heterocycles. The van der Waals surface area contributed by atoms with Gasteiger partial charge in [0.1, 0.15) is 17.7 Å². The van der Waals surface area contributed by atoms with Crippen molar-refractivity contribution in [2.75, 3.05) is 7.11 Å². The second kappa shape index (κ2) is 5.72. The van der Waals surface area contributed by atoms with Gasteiger partial charge in [-0.25, -0.2) is 4.39 Å². The monoisotopic (exact) mass is 324 g/mol. The molecular formula is C15H14BrFO2. The number of methoxy groups -OCH3 is 1. The molecule has 0 spiro atoms. The lowest BCUT2D eigenvalue weighted by Gasteiger charge is -2.15. The largest absolute Gasteiger partial charge is 0.497 e. The van der Waals surface area contributed by atoms with Crippen LogP contribution >= 0.6 is 15.9 Å². The van der Waals surface area contributed by atoms with Crippen molar-refractivity contribution in [3.05, 3.63) is 63.4 Å². The summed E-state index contributed by atoms with van der Waals surface area (Å²) in [5.74, 6) is 0.258. The first kappa shape index (κ1) is 14.0. The fourth-order valence-corrected chi connectivity index (χ4v) is 2.47. The van der Waals surface area contributed by atoms with Gasteiger partial charge in [0.2, 0.25) is 0 Å². The Morgan fingerprint density at radius 3 is 2.53 bits per heavy atom. The Labute approximate surface area is 120 Å². The van der Waals surface area contributed by atoms with Crippen molar-refractivity contribution >= 4 is 15.9 Å². The van der Waals surface area contributed by atoms with E-state index in [0.29, 0.717) is 15.8 Å². The SMILES string of the molecule is COc1ccc(C(O)c2cc(C)ccc2F)c(Br)c1. The van der Waals surface area contributed by atoms with Crippen LogP contribution in [0.25, 0.3) is 0 Å². The fourth-order valence-electron chi connectivity index (χ4n) is 1.90. The molecular weight excluding hydrogens is 311 g/mol. The number of hydrogen-bond acceptors (Lipinski definition) is 2. The predicted octanol–water partition coefficient (Wildman–Crippen LogP) is 3.99. The van der Waals surface area contributed by atoms with Crippen LogP contribution < -0.4 is 4.74 Å². The molecule has 0 aliphatic rings. The van der Waals surface area contributed by atoms with Crippen molar-refractivity contribution in [3.63, 3.8) is 0 Å². The molecule has 2 aromatic rings. The standard InChI is InChI=1S/C15H14BrFO2/c1-9-3-6-14(17)12(7-9)15(18)11-5-4-10(19-2)8-13(11)16/h3-8,15,18H,1-2H3. The lowest BCUT2D eigenvalue weighted by Crippen LogP contribution is -2.04. The number of rotatable bonds is 3. The van der Waals surface area contributed by atoms with Crippen molar-refractivity contribution in [1.29, 1.82) is 0 Å². The highest BCUT2D eigenvalue weighted by Crippen LogP contribution is 2.32. The van der Waals surface area contributed by atoms with Crippen molar-refractivity contribution in [1.82, 2.24) is 0 Å². The van der Waals surface area contributed by atoms with Gasteiger partial charge in [-0.3, -0.25) is 0 Å². The molecule has 100 valence electrons. The smallest absolute Gasteiger partial charge is 0.129 e. The Kier molecular flexibility index (Phi) is 4.22. The number of aliphatic hydroxyl groups is 1. The van der Waals surface area contributed by atoms with Crippen LogP contribution in [0.15, 0.2) is 40.9 Å². The van der Waals surface area contributed by atoms with Gasteiger partial charge in [-0.1, -0.05) is 39.7 Å². The molecule has 0 saturated carbocycles. The molecule has 4 heteroatoms. The highest BCUT2D eigenvalue weighted by Gasteiger charge is 2.18. The van der Waals surface area contributed by atoms with E-state index in [4.69, 9.17) is 4.74 Å². The highest BCUT2D eigenvalue weighted by atomic mass is 79.9. The summed E-state index contributed by atoms with van der Waals surface area (Å²) >= 11 is 3.37. The van der Waals surface area contributed by atoms with Crippen LogP contribution in [0, 0.1) is 12.7 Å². The van der Waals surface area contributed by atoms with Crippen molar-refractivity contribution in [3.8, 4) is 5.75 Å². The number of aliphatic hydroxyl groups excluding tert-OH is 1. The fraction of sp³-hybridized carbons (Fsp3) is 0.200. The molecule has 0 heterocycles. The zero-order valence-corrected chi connectivity index (χ0v) is 12.2. The second-order valence-electron chi connectivity index (χ2n) is 4.31. The van der Waals surface area contributed by atoms with Crippen LogP contribution in [0.1, 0.15) is 22.8 Å². The summed E-state index contributed by atoms with van der Waals surface area (Å²) in [6.07, 6.45) is -1.01. The number of ether oxygens (including phenoxy) is 1. The molecule has 0 fully saturated rings. The van der Waals surface area contributed by atoms with E-state index in [9.17, 15) is 9.50 Å². The van der Waals surface area contributed by atoms with Crippen LogP contribution in [0.4, 0.5) is 4.39 Å². The van der Waals surface area contributed by atoms with Gasteiger partial charge in [-0.05, 0) is 30.7 Å². The van der Waals surface area contributed by atoms with E-state index in [1.54, 1.807) is 37.4 Å². The van der Waals surface area contributed by atoms with Crippen molar-refractivity contribution < 1.29 is 14.2 Å². The van der Waals surface area contributed by atoms with E-state index >= 15 is 0 Å². The molecule has 1 atom stereocenters. The molecule has 19 heavy (non-hydrogen) atoms. The average molecular weight is 325 g/mol. The van der Waals surface area contributed by atoms with E-state index in [1.165, 1.54) is 6.07 Å². The van der Waals surface area contributed by atoms with Gasteiger partial charge in [0, 0.05) is 10.0 Å². The molecule has 0 aliphatic heterocycles. The third-order valence-corrected chi connectivity index (χ3v) is 3.64. The quantitative estimate of drug-likeness (QED) is 0.925. The maximum Gasteiger partial charge on any atom is 0.129 e. The Morgan fingerprint density at radius 1 is 1.16 bits per heavy atom. The first-order valence-corrected chi connectivity index (χ1v) is 6.59. The Bertz CT molecular complexity index is 599. The summed E-state index contributed by atoms with van der Waals surface area (Å²) in [4.78, 5) is 0. The van der Waals surface area contributed by atoms with Crippen LogP contribution in [0.3, 0.4) is 0 Å². The minimum absolute atomic E-state index is 0.269. The number of hydrogen-bond donors (Lipinski definition) is 1. The third kappa shape index (κ3) is 2.96. The lowest BCUT2D eigenvalue weighted by atomic mass is 9.99. The molecule has 2 aromatic carbocycles. The summed E-state index contributed by atoms with van der Waals surface area (Å²) in [6, 6.07) is 9.88. The molecule has 0 bridgehead atoms. The maximum absolute atomic E-state index is 13.8. The van der Waals surface area contributed by atoms with E-state index in [0.717, 1.165) is 5.56 Å².